The Labute approximate surface area is 157 Å². The van der Waals surface area contributed by atoms with E-state index in [0.29, 0.717) is 11.1 Å². The predicted octanol–water partition coefficient (Wildman–Crippen LogP) is 2.75. The van der Waals surface area contributed by atoms with Crippen LogP contribution in [0.5, 0.6) is 0 Å². The van der Waals surface area contributed by atoms with Crippen molar-refractivity contribution in [2.45, 2.75) is 25.4 Å². The average Bonchev–Trinajstić information content (AvgIpc) is 3.40. The molecule has 0 radical (unpaired) electrons. The van der Waals surface area contributed by atoms with Gasteiger partial charge in [0.25, 0.3) is 11.4 Å². The largest absolute Gasteiger partial charge is 0.464 e. The molecular weight excluding hydrogens is 346 g/mol. The third-order valence-electron chi connectivity index (χ3n) is 4.49. The summed E-state index contributed by atoms with van der Waals surface area (Å²) in [5, 5.41) is 0. The second-order valence-corrected chi connectivity index (χ2v) is 6.06. The van der Waals surface area contributed by atoms with Crippen molar-refractivity contribution >= 4 is 17.8 Å². The first-order valence-electron chi connectivity index (χ1n) is 8.87. The van der Waals surface area contributed by atoms with E-state index in [1.807, 2.05) is 6.07 Å². The van der Waals surface area contributed by atoms with Crippen LogP contribution in [0.25, 0.3) is 0 Å². The van der Waals surface area contributed by atoms with Gasteiger partial charge in [-0.25, -0.2) is 9.59 Å². The average molecular weight is 367 g/mol. The van der Waals surface area contributed by atoms with Crippen LogP contribution in [-0.2, 0) is 19.1 Å². The van der Waals surface area contributed by atoms with Gasteiger partial charge < -0.3 is 14.4 Å². The zero-order valence-corrected chi connectivity index (χ0v) is 15.3. The Kier molecular flexibility index (Phi) is 5.26. The summed E-state index contributed by atoms with van der Waals surface area (Å²) in [6.45, 7) is 3.49. The summed E-state index contributed by atoms with van der Waals surface area (Å²) < 4.78 is 10.3. The fourth-order valence-corrected chi connectivity index (χ4v) is 3.30. The molecule has 1 unspecified atom stereocenters. The first-order valence-corrected chi connectivity index (χ1v) is 8.87. The SMILES string of the molecule is CCOC(=O)C1(C(=O)OCC)C(c2ccccc2)N1C(=O)c1ccccc1. The molecule has 1 atom stereocenters. The van der Waals surface area contributed by atoms with E-state index in [9.17, 15) is 14.4 Å². The van der Waals surface area contributed by atoms with Gasteiger partial charge in [0, 0.05) is 5.56 Å². The number of ether oxygens (including phenoxy) is 2. The van der Waals surface area contributed by atoms with Gasteiger partial charge in [0.05, 0.1) is 13.2 Å². The molecule has 1 fully saturated rings. The number of hydrogen-bond donors (Lipinski definition) is 0. The van der Waals surface area contributed by atoms with E-state index in [4.69, 9.17) is 9.47 Å². The van der Waals surface area contributed by atoms with Gasteiger partial charge in [-0.05, 0) is 31.5 Å². The number of nitrogens with zero attached hydrogens (tertiary/aromatic N) is 1. The highest BCUT2D eigenvalue weighted by molar-refractivity contribution is 6.16. The van der Waals surface area contributed by atoms with Crippen molar-refractivity contribution < 1.29 is 23.9 Å². The number of rotatable bonds is 6. The van der Waals surface area contributed by atoms with Crippen molar-refractivity contribution in [2.75, 3.05) is 13.2 Å². The first kappa shape index (κ1) is 18.6. The van der Waals surface area contributed by atoms with Gasteiger partial charge in [-0.2, -0.15) is 0 Å². The number of carbonyl (C=O) groups is 3. The minimum Gasteiger partial charge on any atom is -0.464 e. The lowest BCUT2D eigenvalue weighted by molar-refractivity contribution is -0.160. The van der Waals surface area contributed by atoms with Gasteiger partial charge in [0.2, 0.25) is 0 Å². The van der Waals surface area contributed by atoms with Gasteiger partial charge in [0.1, 0.15) is 6.04 Å². The third-order valence-corrected chi connectivity index (χ3v) is 4.49. The molecule has 2 aromatic rings. The van der Waals surface area contributed by atoms with Crippen molar-refractivity contribution in [1.82, 2.24) is 4.90 Å². The summed E-state index contributed by atoms with van der Waals surface area (Å²) in [6, 6.07) is 16.7. The van der Waals surface area contributed by atoms with Crippen LogP contribution < -0.4 is 0 Å². The van der Waals surface area contributed by atoms with Gasteiger partial charge >= 0.3 is 11.9 Å². The molecule has 0 saturated carbocycles. The zero-order valence-electron chi connectivity index (χ0n) is 15.3. The molecule has 3 rings (SSSR count). The quantitative estimate of drug-likeness (QED) is 0.446. The topological polar surface area (TPSA) is 72.7 Å². The molecule has 27 heavy (non-hydrogen) atoms. The second kappa shape index (κ2) is 7.61. The lowest BCUT2D eigenvalue weighted by atomic mass is 9.99. The number of hydrogen-bond acceptors (Lipinski definition) is 5. The van der Waals surface area contributed by atoms with E-state index < -0.39 is 29.4 Å². The molecular formula is C21H21NO5. The van der Waals surface area contributed by atoms with Crippen molar-refractivity contribution in [3.63, 3.8) is 0 Å². The van der Waals surface area contributed by atoms with E-state index in [0.717, 1.165) is 0 Å². The Morgan fingerprint density at radius 2 is 1.33 bits per heavy atom. The maximum atomic E-state index is 13.1. The summed E-state index contributed by atoms with van der Waals surface area (Å²) in [5.74, 6) is -1.98. The lowest BCUT2D eigenvalue weighted by Gasteiger charge is -2.14. The maximum Gasteiger partial charge on any atom is 0.346 e. The maximum absolute atomic E-state index is 13.1. The number of benzene rings is 2. The number of carbonyl (C=O) groups excluding carboxylic acids is 3. The molecule has 0 bridgehead atoms. The molecule has 0 spiro atoms. The Morgan fingerprint density at radius 3 is 1.81 bits per heavy atom. The zero-order chi connectivity index (χ0) is 19.4. The summed E-state index contributed by atoms with van der Waals surface area (Å²) in [7, 11) is 0. The Bertz CT molecular complexity index is 816. The third kappa shape index (κ3) is 3.07. The molecule has 1 heterocycles. The minimum absolute atomic E-state index is 0.0921. The second-order valence-electron chi connectivity index (χ2n) is 6.06. The highest BCUT2D eigenvalue weighted by Crippen LogP contribution is 2.55. The van der Waals surface area contributed by atoms with Gasteiger partial charge in [-0.3, -0.25) is 4.79 Å². The molecule has 6 heteroatoms. The van der Waals surface area contributed by atoms with Gasteiger partial charge in [0.15, 0.2) is 0 Å². The number of esters is 2. The normalized spacial score (nSPS) is 17.1. The van der Waals surface area contributed by atoms with Crippen molar-refractivity contribution in [1.29, 1.82) is 0 Å². The van der Waals surface area contributed by atoms with Gasteiger partial charge in [-0.1, -0.05) is 48.5 Å². The molecule has 2 aromatic carbocycles. The van der Waals surface area contributed by atoms with Crippen LogP contribution in [0, 0.1) is 0 Å². The monoisotopic (exact) mass is 367 g/mol. The van der Waals surface area contributed by atoms with Crippen LogP contribution in [0.1, 0.15) is 35.8 Å². The summed E-state index contributed by atoms with van der Waals surface area (Å²) >= 11 is 0. The molecule has 1 aliphatic heterocycles. The van der Waals surface area contributed by atoms with Crippen LogP contribution in [-0.4, -0.2) is 41.5 Å². The fraction of sp³-hybridized carbons (Fsp3) is 0.286. The highest BCUT2D eigenvalue weighted by atomic mass is 16.6. The minimum atomic E-state index is -1.81. The van der Waals surface area contributed by atoms with Crippen LogP contribution in [0.15, 0.2) is 60.7 Å². The van der Waals surface area contributed by atoms with E-state index in [1.54, 1.807) is 68.4 Å². The smallest absolute Gasteiger partial charge is 0.346 e. The molecule has 1 amide bonds. The van der Waals surface area contributed by atoms with Gasteiger partial charge in [-0.15, -0.1) is 0 Å². The molecule has 0 aliphatic carbocycles. The Morgan fingerprint density at radius 1 is 0.852 bits per heavy atom. The van der Waals surface area contributed by atoms with E-state index in [1.165, 1.54) is 4.90 Å². The predicted molar refractivity (Wildman–Crippen MR) is 97.8 cm³/mol. The van der Waals surface area contributed by atoms with E-state index in [2.05, 4.69) is 0 Å². The molecule has 1 aliphatic rings. The molecule has 6 nitrogen and oxygen atoms in total. The standard InChI is InChI=1S/C21H21NO5/c1-3-26-19(24)21(20(25)27-4-2)17(15-11-7-5-8-12-15)22(21)18(23)16-13-9-6-10-14-16/h5-14,17H,3-4H2,1-2H3. The van der Waals surface area contributed by atoms with Crippen molar-refractivity contribution in [3.8, 4) is 0 Å². The molecule has 0 aromatic heterocycles. The van der Waals surface area contributed by atoms with E-state index in [-0.39, 0.29) is 13.2 Å². The van der Waals surface area contributed by atoms with E-state index >= 15 is 0 Å². The summed E-state index contributed by atoms with van der Waals surface area (Å²) in [5.41, 5.74) is -0.753. The number of amides is 1. The molecule has 1 saturated heterocycles. The van der Waals surface area contributed by atoms with Crippen molar-refractivity contribution in [2.24, 2.45) is 0 Å². The Hall–Kier alpha value is -3.15. The van der Waals surface area contributed by atoms with Crippen LogP contribution in [0.2, 0.25) is 0 Å². The molecule has 0 N–H and O–H groups in total. The highest BCUT2D eigenvalue weighted by Gasteiger charge is 2.78. The fourth-order valence-electron chi connectivity index (χ4n) is 3.30. The Balaban J connectivity index is 2.10. The van der Waals surface area contributed by atoms with Crippen LogP contribution in [0.3, 0.4) is 0 Å². The summed E-state index contributed by atoms with van der Waals surface area (Å²) in [6.07, 6.45) is 0. The lowest BCUT2D eigenvalue weighted by Crippen LogP contribution is -2.43. The van der Waals surface area contributed by atoms with Crippen molar-refractivity contribution in [3.05, 3.63) is 71.8 Å². The van der Waals surface area contributed by atoms with Crippen LogP contribution in [0.4, 0.5) is 0 Å². The molecule has 140 valence electrons. The first-order chi connectivity index (χ1) is 13.1. The van der Waals surface area contributed by atoms with Crippen LogP contribution >= 0.6 is 0 Å². The summed E-state index contributed by atoms with van der Waals surface area (Å²) in [4.78, 5) is 40.1.